The van der Waals surface area contributed by atoms with Crippen molar-refractivity contribution in [2.75, 3.05) is 19.1 Å². The third kappa shape index (κ3) is 1.57. The summed E-state index contributed by atoms with van der Waals surface area (Å²) in [6.45, 7) is 0. The van der Waals surface area contributed by atoms with E-state index in [0.717, 1.165) is 4.90 Å². The molecule has 0 fully saturated rings. The van der Waals surface area contributed by atoms with Gasteiger partial charge in [0, 0.05) is 6.20 Å². The van der Waals surface area contributed by atoms with Crippen molar-refractivity contribution in [2.24, 2.45) is 0 Å². The van der Waals surface area contributed by atoms with Crippen LogP contribution in [0.15, 0.2) is 17.2 Å². The van der Waals surface area contributed by atoms with E-state index in [1.165, 1.54) is 11.8 Å². The first-order chi connectivity index (χ1) is 5.29. The lowest BCUT2D eigenvalue weighted by Crippen LogP contribution is -1.94. The summed E-state index contributed by atoms with van der Waals surface area (Å²) in [5.74, 6) is 0.595. The molecule has 0 radical (unpaired) electrons. The second-order valence-corrected chi connectivity index (χ2v) is 2.76. The van der Waals surface area contributed by atoms with Crippen molar-refractivity contribution in [3.05, 3.63) is 12.3 Å². The molecule has 0 amide bonds. The second kappa shape index (κ2) is 3.48. The maximum atomic E-state index is 5.67. The highest BCUT2D eigenvalue weighted by Gasteiger charge is 2.05. The number of rotatable bonds is 2. The number of nitrogen functional groups attached to an aromatic ring is 1. The van der Waals surface area contributed by atoms with Gasteiger partial charge in [-0.25, -0.2) is 4.98 Å². The van der Waals surface area contributed by atoms with E-state index in [9.17, 15) is 0 Å². The molecule has 1 aromatic rings. The van der Waals surface area contributed by atoms with Crippen molar-refractivity contribution < 1.29 is 4.74 Å². The lowest BCUT2D eigenvalue weighted by molar-refractivity contribution is 0.388. The molecule has 0 saturated carbocycles. The zero-order chi connectivity index (χ0) is 8.27. The monoisotopic (exact) mass is 170 g/mol. The second-order valence-electron chi connectivity index (χ2n) is 1.94. The molecule has 1 rings (SSSR count). The number of hydrogen-bond acceptors (Lipinski definition) is 4. The van der Waals surface area contributed by atoms with Gasteiger partial charge < -0.3 is 10.5 Å². The molecule has 2 N–H and O–H groups in total. The average molecular weight is 170 g/mol. The fraction of sp³-hybridized carbons (Fsp3) is 0.286. The quantitative estimate of drug-likeness (QED) is 0.681. The van der Waals surface area contributed by atoms with Crippen LogP contribution in [0.2, 0.25) is 0 Å². The molecular formula is C7H10N2OS. The van der Waals surface area contributed by atoms with Gasteiger partial charge >= 0.3 is 0 Å². The van der Waals surface area contributed by atoms with Gasteiger partial charge in [0.2, 0.25) is 5.88 Å². The highest BCUT2D eigenvalue weighted by Crippen LogP contribution is 2.30. The van der Waals surface area contributed by atoms with Crippen LogP contribution in [0, 0.1) is 0 Å². The van der Waals surface area contributed by atoms with E-state index in [0.29, 0.717) is 11.6 Å². The summed E-state index contributed by atoms with van der Waals surface area (Å²) in [5, 5.41) is 0. The van der Waals surface area contributed by atoms with Crippen molar-refractivity contribution in [3.63, 3.8) is 0 Å². The summed E-state index contributed by atoms with van der Waals surface area (Å²) in [6, 6.07) is 1.76. The van der Waals surface area contributed by atoms with E-state index in [4.69, 9.17) is 10.5 Å². The van der Waals surface area contributed by atoms with Crippen LogP contribution in [0.5, 0.6) is 5.88 Å². The molecule has 11 heavy (non-hydrogen) atoms. The van der Waals surface area contributed by atoms with Gasteiger partial charge in [-0.3, -0.25) is 0 Å². The summed E-state index contributed by atoms with van der Waals surface area (Å²) in [4.78, 5) is 4.90. The van der Waals surface area contributed by atoms with Crippen LogP contribution < -0.4 is 10.5 Å². The highest BCUT2D eigenvalue weighted by molar-refractivity contribution is 7.98. The van der Waals surface area contributed by atoms with Crippen molar-refractivity contribution in [3.8, 4) is 5.88 Å². The number of hydrogen-bond donors (Lipinski definition) is 1. The molecule has 60 valence electrons. The van der Waals surface area contributed by atoms with Crippen LogP contribution >= 0.6 is 11.8 Å². The van der Waals surface area contributed by atoms with Crippen LogP contribution in [0.3, 0.4) is 0 Å². The molecule has 0 bridgehead atoms. The molecule has 0 unspecified atom stereocenters. The van der Waals surface area contributed by atoms with Crippen molar-refractivity contribution in [2.45, 2.75) is 4.90 Å². The number of aromatic nitrogens is 1. The van der Waals surface area contributed by atoms with E-state index < -0.39 is 0 Å². The van der Waals surface area contributed by atoms with Crippen molar-refractivity contribution in [1.29, 1.82) is 0 Å². The SMILES string of the molecule is COc1nccc(N)c1SC. The zero-order valence-corrected chi connectivity index (χ0v) is 7.31. The molecule has 0 aromatic carbocycles. The molecule has 0 aliphatic rings. The predicted octanol–water partition coefficient (Wildman–Crippen LogP) is 1.39. The first-order valence-electron chi connectivity index (χ1n) is 3.12. The molecule has 1 heterocycles. The third-order valence-corrected chi connectivity index (χ3v) is 2.12. The zero-order valence-electron chi connectivity index (χ0n) is 6.50. The topological polar surface area (TPSA) is 48.1 Å². The lowest BCUT2D eigenvalue weighted by Gasteiger charge is -2.05. The summed E-state index contributed by atoms with van der Waals surface area (Å²) >= 11 is 1.53. The van der Waals surface area contributed by atoms with Gasteiger partial charge in [-0.2, -0.15) is 0 Å². The first-order valence-corrected chi connectivity index (χ1v) is 4.34. The highest BCUT2D eigenvalue weighted by atomic mass is 32.2. The molecule has 4 heteroatoms. The summed E-state index contributed by atoms with van der Waals surface area (Å²) < 4.78 is 5.01. The Morgan fingerprint density at radius 2 is 2.36 bits per heavy atom. The Labute approximate surface area is 70.0 Å². The molecule has 0 aliphatic heterocycles. The maximum absolute atomic E-state index is 5.67. The van der Waals surface area contributed by atoms with Gasteiger partial charge in [-0.1, -0.05) is 0 Å². The smallest absolute Gasteiger partial charge is 0.229 e. The minimum atomic E-state index is 0.595. The number of thioether (sulfide) groups is 1. The maximum Gasteiger partial charge on any atom is 0.229 e. The summed E-state index contributed by atoms with van der Waals surface area (Å²) in [7, 11) is 1.58. The van der Waals surface area contributed by atoms with E-state index in [1.54, 1.807) is 19.4 Å². The van der Waals surface area contributed by atoms with Crippen LogP contribution in [-0.2, 0) is 0 Å². The largest absolute Gasteiger partial charge is 0.480 e. The van der Waals surface area contributed by atoms with Crippen molar-refractivity contribution >= 4 is 17.4 Å². The molecule has 0 atom stereocenters. The minimum absolute atomic E-state index is 0.595. The number of nitrogens with zero attached hydrogens (tertiary/aromatic N) is 1. The molecule has 3 nitrogen and oxygen atoms in total. The molecule has 1 aromatic heterocycles. The first kappa shape index (κ1) is 8.20. The van der Waals surface area contributed by atoms with Crippen molar-refractivity contribution in [1.82, 2.24) is 4.98 Å². The Morgan fingerprint density at radius 1 is 1.64 bits per heavy atom. The van der Waals surface area contributed by atoms with Gasteiger partial charge in [-0.15, -0.1) is 11.8 Å². The Balaban J connectivity index is 3.13. The fourth-order valence-corrected chi connectivity index (χ4v) is 1.41. The molecular weight excluding hydrogens is 160 g/mol. The van der Waals surface area contributed by atoms with E-state index in [1.807, 2.05) is 6.26 Å². The van der Waals surface area contributed by atoms with Crippen LogP contribution in [0.25, 0.3) is 0 Å². The van der Waals surface area contributed by atoms with Gasteiger partial charge in [0.05, 0.1) is 17.7 Å². The van der Waals surface area contributed by atoms with Crippen LogP contribution in [0.4, 0.5) is 5.69 Å². The Hall–Kier alpha value is -0.900. The van der Waals surface area contributed by atoms with Crippen LogP contribution in [0.1, 0.15) is 0 Å². The number of nitrogens with two attached hydrogens (primary N) is 1. The van der Waals surface area contributed by atoms with Crippen LogP contribution in [-0.4, -0.2) is 18.3 Å². The minimum Gasteiger partial charge on any atom is -0.480 e. The Morgan fingerprint density at radius 3 is 2.82 bits per heavy atom. The van der Waals surface area contributed by atoms with Gasteiger partial charge in [0.15, 0.2) is 0 Å². The Bertz CT molecular complexity index is 252. The Kier molecular flexibility index (Phi) is 2.59. The number of methoxy groups -OCH3 is 1. The standard InChI is InChI=1S/C7H10N2OS/c1-10-7-6(11-2)5(8)3-4-9-7/h3-4H,1-2H3,(H2,8,9). The fourth-order valence-electron chi connectivity index (χ4n) is 0.794. The number of pyridine rings is 1. The van der Waals surface area contributed by atoms with E-state index in [-0.39, 0.29) is 0 Å². The summed E-state index contributed by atoms with van der Waals surface area (Å²) in [5.41, 5.74) is 6.38. The van der Waals surface area contributed by atoms with Gasteiger partial charge in [-0.05, 0) is 12.3 Å². The lowest BCUT2D eigenvalue weighted by atomic mass is 10.4. The van der Waals surface area contributed by atoms with E-state index >= 15 is 0 Å². The third-order valence-electron chi connectivity index (χ3n) is 1.30. The van der Waals surface area contributed by atoms with E-state index in [2.05, 4.69) is 4.98 Å². The number of anilines is 1. The number of ether oxygens (including phenoxy) is 1. The molecule has 0 spiro atoms. The van der Waals surface area contributed by atoms with Gasteiger partial charge in [0.1, 0.15) is 0 Å². The normalized spacial score (nSPS) is 9.64. The van der Waals surface area contributed by atoms with Gasteiger partial charge in [0.25, 0.3) is 0 Å². The average Bonchev–Trinajstić information content (AvgIpc) is 2.04. The predicted molar refractivity (Wildman–Crippen MR) is 47.0 cm³/mol. The molecule has 0 saturated heterocycles. The molecule has 0 aliphatic carbocycles. The summed E-state index contributed by atoms with van der Waals surface area (Å²) in [6.07, 6.45) is 3.57.